The second-order valence-corrected chi connectivity index (χ2v) is 7.49. The molecule has 0 atom stereocenters. The number of hydrogen-bond donors (Lipinski definition) is 2. The highest BCUT2D eigenvalue weighted by atomic mass is 16.1. The van der Waals surface area contributed by atoms with Gasteiger partial charge in [-0.25, -0.2) is 4.98 Å². The maximum absolute atomic E-state index is 12.6. The molecule has 150 valence electrons. The van der Waals surface area contributed by atoms with Gasteiger partial charge in [0.15, 0.2) is 0 Å². The monoisotopic (exact) mass is 399 g/mol. The lowest BCUT2D eigenvalue weighted by Gasteiger charge is -2.30. The van der Waals surface area contributed by atoms with E-state index in [1.807, 2.05) is 43.5 Å². The first kappa shape index (κ1) is 18.2. The number of pyridine rings is 2. The molecule has 1 aliphatic heterocycles. The minimum Gasteiger partial charge on any atom is -0.352 e. The van der Waals surface area contributed by atoms with Crippen LogP contribution >= 0.6 is 0 Å². The molecule has 0 unspecified atom stereocenters. The Kier molecular flexibility index (Phi) is 4.59. The lowest BCUT2D eigenvalue weighted by atomic mass is 10.0. The third kappa shape index (κ3) is 3.47. The Morgan fingerprint density at radius 2 is 2.17 bits per heavy atom. The summed E-state index contributed by atoms with van der Waals surface area (Å²) in [6.07, 6.45) is 4.39. The molecular weight excluding hydrogens is 378 g/mol. The number of aryl methyl sites for hydroxylation is 1. The molecule has 0 aliphatic carbocycles. The SMILES string of the molecule is Cc1cc(C(=O)NCc2ccc3nn[nH]c3c2)cnc1N1CCc2ncccc2C1. The predicted octanol–water partition coefficient (Wildman–Crippen LogP) is 2.55. The molecule has 2 N–H and O–H groups in total. The van der Waals surface area contributed by atoms with Gasteiger partial charge in [0.1, 0.15) is 11.3 Å². The van der Waals surface area contributed by atoms with Gasteiger partial charge in [-0.3, -0.25) is 14.9 Å². The Balaban J connectivity index is 1.27. The first-order valence-corrected chi connectivity index (χ1v) is 9.89. The van der Waals surface area contributed by atoms with Crippen molar-refractivity contribution in [2.45, 2.75) is 26.4 Å². The Morgan fingerprint density at radius 1 is 1.23 bits per heavy atom. The number of fused-ring (bicyclic) bond motifs is 2. The van der Waals surface area contributed by atoms with Crippen LogP contribution in [-0.4, -0.2) is 37.8 Å². The first-order chi connectivity index (χ1) is 14.7. The highest BCUT2D eigenvalue weighted by Gasteiger charge is 2.20. The van der Waals surface area contributed by atoms with Crippen molar-refractivity contribution in [2.75, 3.05) is 11.4 Å². The van der Waals surface area contributed by atoms with Gasteiger partial charge < -0.3 is 10.2 Å². The lowest BCUT2D eigenvalue weighted by molar-refractivity contribution is 0.0950. The minimum absolute atomic E-state index is 0.145. The van der Waals surface area contributed by atoms with Crippen LogP contribution in [0.1, 0.15) is 32.7 Å². The van der Waals surface area contributed by atoms with Crippen LogP contribution in [0.15, 0.2) is 48.8 Å². The van der Waals surface area contributed by atoms with E-state index in [0.717, 1.165) is 53.2 Å². The van der Waals surface area contributed by atoms with E-state index in [1.54, 1.807) is 6.20 Å². The molecule has 8 nitrogen and oxygen atoms in total. The average Bonchev–Trinajstić information content (AvgIpc) is 3.25. The molecule has 1 amide bonds. The third-order valence-electron chi connectivity index (χ3n) is 5.42. The van der Waals surface area contributed by atoms with Gasteiger partial charge in [-0.05, 0) is 47.9 Å². The van der Waals surface area contributed by atoms with Crippen LogP contribution in [0.3, 0.4) is 0 Å². The standard InChI is InChI=1S/C22H21N7O/c1-14-9-17(22(30)25-11-15-4-5-19-20(10-15)27-28-26-19)12-24-21(14)29-8-6-18-16(13-29)3-2-7-23-18/h2-5,7,9-10,12H,6,8,11,13H2,1H3,(H,25,30)(H,26,27,28). The van der Waals surface area contributed by atoms with Gasteiger partial charge in [-0.2, -0.15) is 0 Å². The summed E-state index contributed by atoms with van der Waals surface area (Å²) in [7, 11) is 0. The van der Waals surface area contributed by atoms with Crippen molar-refractivity contribution in [3.63, 3.8) is 0 Å². The number of amides is 1. The van der Waals surface area contributed by atoms with Crippen molar-refractivity contribution in [2.24, 2.45) is 0 Å². The average molecular weight is 399 g/mol. The molecule has 1 aliphatic rings. The van der Waals surface area contributed by atoms with Gasteiger partial charge in [0.2, 0.25) is 0 Å². The number of benzene rings is 1. The predicted molar refractivity (Wildman–Crippen MR) is 113 cm³/mol. The van der Waals surface area contributed by atoms with E-state index in [0.29, 0.717) is 12.1 Å². The van der Waals surface area contributed by atoms with Crippen LogP contribution in [-0.2, 0) is 19.5 Å². The molecule has 0 fully saturated rings. The summed E-state index contributed by atoms with van der Waals surface area (Å²) in [6, 6.07) is 11.7. The van der Waals surface area contributed by atoms with Crippen LogP contribution < -0.4 is 10.2 Å². The molecule has 30 heavy (non-hydrogen) atoms. The maximum atomic E-state index is 12.6. The lowest BCUT2D eigenvalue weighted by Crippen LogP contribution is -2.32. The summed E-state index contributed by atoms with van der Waals surface area (Å²) in [5.41, 5.74) is 6.56. The van der Waals surface area contributed by atoms with Crippen LogP contribution in [0.2, 0.25) is 0 Å². The molecule has 0 saturated carbocycles. The Hall–Kier alpha value is -3.81. The van der Waals surface area contributed by atoms with Crippen molar-refractivity contribution in [3.05, 3.63) is 76.7 Å². The van der Waals surface area contributed by atoms with Gasteiger partial charge in [0, 0.05) is 44.1 Å². The molecule has 0 spiro atoms. The smallest absolute Gasteiger partial charge is 0.253 e. The van der Waals surface area contributed by atoms with Gasteiger partial charge in [0.25, 0.3) is 5.91 Å². The summed E-state index contributed by atoms with van der Waals surface area (Å²) >= 11 is 0. The Morgan fingerprint density at radius 3 is 3.07 bits per heavy atom. The number of carbonyl (C=O) groups is 1. The van der Waals surface area contributed by atoms with Crippen molar-refractivity contribution >= 4 is 22.8 Å². The number of rotatable bonds is 4. The highest BCUT2D eigenvalue weighted by Crippen LogP contribution is 2.25. The zero-order valence-electron chi connectivity index (χ0n) is 16.6. The Bertz CT molecular complexity index is 1230. The van der Waals surface area contributed by atoms with E-state index in [2.05, 4.69) is 41.7 Å². The molecular formula is C22H21N7O. The first-order valence-electron chi connectivity index (χ1n) is 9.89. The topological polar surface area (TPSA) is 99.7 Å². The third-order valence-corrected chi connectivity index (χ3v) is 5.42. The van der Waals surface area contributed by atoms with Gasteiger partial charge >= 0.3 is 0 Å². The second kappa shape index (κ2) is 7.55. The van der Waals surface area contributed by atoms with Gasteiger partial charge in [-0.1, -0.05) is 17.3 Å². The van der Waals surface area contributed by atoms with Crippen LogP contribution in [0.4, 0.5) is 5.82 Å². The van der Waals surface area contributed by atoms with Crippen molar-refractivity contribution in [1.29, 1.82) is 0 Å². The molecule has 0 saturated heterocycles. The second-order valence-electron chi connectivity index (χ2n) is 7.49. The van der Waals surface area contributed by atoms with E-state index in [-0.39, 0.29) is 5.91 Å². The number of carbonyl (C=O) groups excluding carboxylic acids is 1. The number of nitrogens with one attached hydrogen (secondary N) is 2. The number of hydrogen-bond acceptors (Lipinski definition) is 6. The molecule has 0 radical (unpaired) electrons. The van der Waals surface area contributed by atoms with E-state index in [1.165, 1.54) is 5.56 Å². The molecule has 0 bridgehead atoms. The summed E-state index contributed by atoms with van der Waals surface area (Å²) < 4.78 is 0. The summed E-state index contributed by atoms with van der Waals surface area (Å²) in [6.45, 7) is 4.07. The zero-order valence-corrected chi connectivity index (χ0v) is 16.6. The van der Waals surface area contributed by atoms with E-state index < -0.39 is 0 Å². The highest BCUT2D eigenvalue weighted by molar-refractivity contribution is 5.94. The Labute approximate surface area is 173 Å². The van der Waals surface area contributed by atoms with Crippen LogP contribution in [0, 0.1) is 6.92 Å². The van der Waals surface area contributed by atoms with E-state index in [4.69, 9.17) is 0 Å². The van der Waals surface area contributed by atoms with Crippen molar-refractivity contribution < 1.29 is 4.79 Å². The fourth-order valence-corrected chi connectivity index (χ4v) is 3.86. The normalized spacial score (nSPS) is 13.3. The van der Waals surface area contributed by atoms with Crippen LogP contribution in [0.5, 0.6) is 0 Å². The van der Waals surface area contributed by atoms with E-state index in [9.17, 15) is 4.79 Å². The molecule has 4 aromatic rings. The number of aromatic amines is 1. The van der Waals surface area contributed by atoms with Crippen molar-refractivity contribution in [1.82, 2.24) is 30.7 Å². The summed E-state index contributed by atoms with van der Waals surface area (Å²) in [5, 5.41) is 13.5. The number of anilines is 1. The molecule has 3 aromatic heterocycles. The van der Waals surface area contributed by atoms with Gasteiger partial charge in [-0.15, -0.1) is 5.10 Å². The fourth-order valence-electron chi connectivity index (χ4n) is 3.86. The summed E-state index contributed by atoms with van der Waals surface area (Å²) in [5.74, 6) is 0.770. The van der Waals surface area contributed by atoms with Gasteiger partial charge in [0.05, 0.1) is 11.1 Å². The van der Waals surface area contributed by atoms with Crippen molar-refractivity contribution in [3.8, 4) is 0 Å². The number of H-pyrrole nitrogens is 1. The molecule has 1 aromatic carbocycles. The molecule has 4 heterocycles. The number of aromatic nitrogens is 5. The maximum Gasteiger partial charge on any atom is 0.253 e. The minimum atomic E-state index is -0.145. The van der Waals surface area contributed by atoms with Crippen LogP contribution in [0.25, 0.3) is 11.0 Å². The molecule has 8 heteroatoms. The van der Waals surface area contributed by atoms with E-state index >= 15 is 0 Å². The quantitative estimate of drug-likeness (QED) is 0.547. The fraction of sp³-hybridized carbons (Fsp3) is 0.227. The number of nitrogens with zero attached hydrogens (tertiary/aromatic N) is 5. The molecule has 5 rings (SSSR count). The summed E-state index contributed by atoms with van der Waals surface area (Å²) in [4.78, 5) is 23.9. The zero-order chi connectivity index (χ0) is 20.5. The largest absolute Gasteiger partial charge is 0.352 e.